The average Bonchev–Trinajstić information content (AvgIpc) is 2.62. The van der Waals surface area contributed by atoms with Crippen LogP contribution in [0.1, 0.15) is 38.7 Å². The lowest BCUT2D eigenvalue weighted by atomic mass is 9.91. The summed E-state index contributed by atoms with van der Waals surface area (Å²) in [5.41, 5.74) is 2.20. The number of aliphatic hydroxyl groups excluding tert-OH is 1. The predicted octanol–water partition coefficient (Wildman–Crippen LogP) is 3.03. The number of rotatable bonds is 4. The van der Waals surface area contributed by atoms with E-state index in [-0.39, 0.29) is 12.1 Å². The summed E-state index contributed by atoms with van der Waals surface area (Å²) in [5.74, 6) is 0. The van der Waals surface area contributed by atoms with Gasteiger partial charge in [0.1, 0.15) is 0 Å². The predicted molar refractivity (Wildman–Crippen MR) is 85.2 cm³/mol. The zero-order valence-corrected chi connectivity index (χ0v) is 13.0. The van der Waals surface area contributed by atoms with Gasteiger partial charge in [-0.25, -0.2) is 0 Å². The molecule has 0 amide bonds. The second-order valence-electron chi connectivity index (χ2n) is 6.42. The van der Waals surface area contributed by atoms with Crippen LogP contribution in [0.5, 0.6) is 0 Å². The molecule has 0 radical (unpaired) electrons. The summed E-state index contributed by atoms with van der Waals surface area (Å²) in [7, 11) is 0. The normalized spacial score (nSPS) is 24.6. The molecule has 1 aromatic rings. The third kappa shape index (κ3) is 3.74. The van der Waals surface area contributed by atoms with Crippen LogP contribution < -0.4 is 5.32 Å². The highest BCUT2D eigenvalue weighted by molar-refractivity contribution is 5.47. The average molecular weight is 276 g/mol. The van der Waals surface area contributed by atoms with Gasteiger partial charge in [-0.2, -0.15) is 0 Å². The molecule has 3 nitrogen and oxygen atoms in total. The molecule has 1 heterocycles. The SMILES string of the molecule is Cc1cccc(NC2(CO)CCCN(C(C)C)CC2)c1. The number of benzene rings is 1. The first-order valence-electron chi connectivity index (χ1n) is 7.74. The first kappa shape index (κ1) is 15.3. The van der Waals surface area contributed by atoms with Crippen molar-refractivity contribution in [2.24, 2.45) is 0 Å². The van der Waals surface area contributed by atoms with Gasteiger partial charge in [-0.05, 0) is 64.3 Å². The summed E-state index contributed by atoms with van der Waals surface area (Å²) in [6, 6.07) is 9.01. The van der Waals surface area contributed by atoms with Crippen molar-refractivity contribution in [1.29, 1.82) is 0 Å². The minimum Gasteiger partial charge on any atom is -0.394 e. The van der Waals surface area contributed by atoms with Gasteiger partial charge in [-0.15, -0.1) is 0 Å². The van der Waals surface area contributed by atoms with Crippen LogP contribution in [0, 0.1) is 6.92 Å². The summed E-state index contributed by atoms with van der Waals surface area (Å²) < 4.78 is 0. The Kier molecular flexibility index (Phi) is 5.06. The summed E-state index contributed by atoms with van der Waals surface area (Å²) >= 11 is 0. The van der Waals surface area contributed by atoms with Gasteiger partial charge in [0, 0.05) is 18.3 Å². The van der Waals surface area contributed by atoms with E-state index < -0.39 is 0 Å². The van der Waals surface area contributed by atoms with Crippen molar-refractivity contribution in [2.75, 3.05) is 25.0 Å². The standard InChI is InChI=1S/C17H28N2O/c1-14(2)19-10-5-8-17(13-20,9-11-19)18-16-7-4-6-15(3)12-16/h4,6-7,12,14,18,20H,5,8-11,13H2,1-3H3. The maximum Gasteiger partial charge on any atom is 0.0662 e. The molecule has 1 aliphatic heterocycles. The van der Waals surface area contributed by atoms with Gasteiger partial charge in [-0.3, -0.25) is 0 Å². The number of hydrogen-bond donors (Lipinski definition) is 2. The Labute approximate surface area is 123 Å². The summed E-state index contributed by atoms with van der Waals surface area (Å²) in [6.07, 6.45) is 3.16. The molecule has 1 saturated heterocycles. The van der Waals surface area contributed by atoms with Crippen molar-refractivity contribution in [2.45, 2.75) is 51.6 Å². The van der Waals surface area contributed by atoms with E-state index in [4.69, 9.17) is 0 Å². The van der Waals surface area contributed by atoms with E-state index in [9.17, 15) is 5.11 Å². The molecule has 1 fully saturated rings. The molecular formula is C17H28N2O. The minimum atomic E-state index is -0.169. The molecule has 1 atom stereocenters. The van der Waals surface area contributed by atoms with E-state index in [0.29, 0.717) is 6.04 Å². The fourth-order valence-corrected chi connectivity index (χ4v) is 3.08. The molecule has 2 rings (SSSR count). The molecule has 112 valence electrons. The molecular weight excluding hydrogens is 248 g/mol. The molecule has 0 spiro atoms. The van der Waals surface area contributed by atoms with Gasteiger partial charge in [0.15, 0.2) is 0 Å². The summed E-state index contributed by atoms with van der Waals surface area (Å²) in [6.45, 7) is 8.99. The summed E-state index contributed by atoms with van der Waals surface area (Å²) in [5, 5.41) is 13.5. The number of aryl methyl sites for hydroxylation is 1. The van der Waals surface area contributed by atoms with Gasteiger partial charge in [0.05, 0.1) is 12.1 Å². The Bertz CT molecular complexity index is 433. The number of anilines is 1. The number of likely N-dealkylation sites (tertiary alicyclic amines) is 1. The lowest BCUT2D eigenvalue weighted by molar-refractivity contribution is 0.186. The molecule has 0 bridgehead atoms. The highest BCUT2D eigenvalue weighted by Gasteiger charge is 2.32. The molecule has 0 saturated carbocycles. The fraction of sp³-hybridized carbons (Fsp3) is 0.647. The first-order chi connectivity index (χ1) is 9.54. The molecule has 0 aliphatic carbocycles. The second kappa shape index (κ2) is 6.59. The fourth-order valence-electron chi connectivity index (χ4n) is 3.08. The monoisotopic (exact) mass is 276 g/mol. The number of aliphatic hydroxyl groups is 1. The second-order valence-corrected chi connectivity index (χ2v) is 6.42. The van der Waals surface area contributed by atoms with Crippen LogP contribution in [-0.4, -0.2) is 41.3 Å². The van der Waals surface area contributed by atoms with Crippen molar-refractivity contribution in [1.82, 2.24) is 4.90 Å². The number of nitrogens with one attached hydrogen (secondary N) is 1. The molecule has 1 unspecified atom stereocenters. The Hall–Kier alpha value is -1.06. The summed E-state index contributed by atoms with van der Waals surface area (Å²) in [4.78, 5) is 2.51. The largest absolute Gasteiger partial charge is 0.394 e. The van der Waals surface area contributed by atoms with Gasteiger partial charge >= 0.3 is 0 Å². The van der Waals surface area contributed by atoms with E-state index in [1.54, 1.807) is 0 Å². The molecule has 1 aromatic carbocycles. The van der Waals surface area contributed by atoms with Crippen LogP contribution in [0.4, 0.5) is 5.69 Å². The maximum absolute atomic E-state index is 9.94. The lowest BCUT2D eigenvalue weighted by Crippen LogP contribution is -2.43. The highest BCUT2D eigenvalue weighted by atomic mass is 16.3. The van der Waals surface area contributed by atoms with E-state index in [1.807, 2.05) is 0 Å². The van der Waals surface area contributed by atoms with Crippen molar-refractivity contribution < 1.29 is 5.11 Å². The van der Waals surface area contributed by atoms with Gasteiger partial charge < -0.3 is 15.3 Å². The van der Waals surface area contributed by atoms with Crippen molar-refractivity contribution >= 4 is 5.69 Å². The van der Waals surface area contributed by atoms with Crippen LogP contribution in [0.15, 0.2) is 24.3 Å². The van der Waals surface area contributed by atoms with E-state index in [1.165, 1.54) is 5.56 Å². The Morgan fingerprint density at radius 1 is 1.30 bits per heavy atom. The van der Waals surface area contributed by atoms with Crippen LogP contribution in [0.2, 0.25) is 0 Å². The van der Waals surface area contributed by atoms with E-state index >= 15 is 0 Å². The molecule has 0 aromatic heterocycles. The van der Waals surface area contributed by atoms with Crippen molar-refractivity contribution in [3.63, 3.8) is 0 Å². The number of hydrogen-bond acceptors (Lipinski definition) is 3. The van der Waals surface area contributed by atoms with Crippen LogP contribution >= 0.6 is 0 Å². The highest BCUT2D eigenvalue weighted by Crippen LogP contribution is 2.27. The maximum atomic E-state index is 9.94. The Morgan fingerprint density at radius 3 is 2.75 bits per heavy atom. The van der Waals surface area contributed by atoms with Crippen molar-refractivity contribution in [3.05, 3.63) is 29.8 Å². The third-order valence-corrected chi connectivity index (χ3v) is 4.44. The van der Waals surface area contributed by atoms with Crippen LogP contribution in [-0.2, 0) is 0 Å². The number of nitrogens with zero attached hydrogens (tertiary/aromatic N) is 1. The van der Waals surface area contributed by atoms with Crippen molar-refractivity contribution in [3.8, 4) is 0 Å². The minimum absolute atomic E-state index is 0.169. The van der Waals surface area contributed by atoms with Crippen LogP contribution in [0.25, 0.3) is 0 Å². The third-order valence-electron chi connectivity index (χ3n) is 4.44. The lowest BCUT2D eigenvalue weighted by Gasteiger charge is -2.33. The van der Waals surface area contributed by atoms with Gasteiger partial charge in [0.25, 0.3) is 0 Å². The molecule has 1 aliphatic rings. The van der Waals surface area contributed by atoms with Gasteiger partial charge in [-0.1, -0.05) is 12.1 Å². The topological polar surface area (TPSA) is 35.5 Å². The zero-order chi connectivity index (χ0) is 14.6. The molecule has 3 heteroatoms. The van der Waals surface area contributed by atoms with Gasteiger partial charge in [0.2, 0.25) is 0 Å². The van der Waals surface area contributed by atoms with Crippen LogP contribution in [0.3, 0.4) is 0 Å². The Morgan fingerprint density at radius 2 is 2.10 bits per heavy atom. The Balaban J connectivity index is 2.09. The molecule has 20 heavy (non-hydrogen) atoms. The van der Waals surface area contributed by atoms with E-state index in [2.05, 4.69) is 55.3 Å². The quantitative estimate of drug-likeness (QED) is 0.887. The van der Waals surface area contributed by atoms with E-state index in [0.717, 1.165) is 38.0 Å². The smallest absolute Gasteiger partial charge is 0.0662 e. The zero-order valence-electron chi connectivity index (χ0n) is 13.0. The first-order valence-corrected chi connectivity index (χ1v) is 7.74. The molecule has 2 N–H and O–H groups in total.